The molecule has 0 spiro atoms. The molecule has 0 unspecified atom stereocenters. The lowest BCUT2D eigenvalue weighted by Crippen LogP contribution is -2.35. The van der Waals surface area contributed by atoms with Gasteiger partial charge in [0.2, 0.25) is 5.91 Å². The SMILES string of the molecule is CC(C)(C)OC(=O)NCCNc1cc2c(cc1Cl)NC(=O)C2. The van der Waals surface area contributed by atoms with Gasteiger partial charge in [0.05, 0.1) is 17.1 Å². The van der Waals surface area contributed by atoms with Gasteiger partial charge in [-0.3, -0.25) is 4.79 Å². The van der Waals surface area contributed by atoms with Gasteiger partial charge in [0.1, 0.15) is 5.60 Å². The van der Waals surface area contributed by atoms with E-state index in [9.17, 15) is 9.59 Å². The van der Waals surface area contributed by atoms with Gasteiger partial charge in [0.25, 0.3) is 0 Å². The summed E-state index contributed by atoms with van der Waals surface area (Å²) in [6.07, 6.45) is -0.0960. The maximum Gasteiger partial charge on any atom is 0.407 e. The van der Waals surface area contributed by atoms with E-state index in [-0.39, 0.29) is 5.91 Å². The number of ether oxygens (including phenoxy) is 1. The zero-order valence-electron chi connectivity index (χ0n) is 12.9. The number of rotatable bonds is 4. The Balaban J connectivity index is 1.82. The molecule has 0 fully saturated rings. The number of carbonyl (C=O) groups is 2. The minimum Gasteiger partial charge on any atom is -0.444 e. The average Bonchev–Trinajstić information content (AvgIpc) is 2.71. The number of hydrogen-bond donors (Lipinski definition) is 3. The van der Waals surface area contributed by atoms with E-state index in [4.69, 9.17) is 16.3 Å². The molecular formula is C15H20ClN3O3. The van der Waals surface area contributed by atoms with Crippen LogP contribution in [-0.2, 0) is 16.0 Å². The molecule has 6 nitrogen and oxygen atoms in total. The molecule has 1 aromatic rings. The van der Waals surface area contributed by atoms with E-state index in [1.54, 1.807) is 6.07 Å². The van der Waals surface area contributed by atoms with Crippen molar-refractivity contribution in [3.63, 3.8) is 0 Å². The van der Waals surface area contributed by atoms with Gasteiger partial charge < -0.3 is 20.7 Å². The second-order valence-corrected chi connectivity index (χ2v) is 6.48. The topological polar surface area (TPSA) is 79.5 Å². The van der Waals surface area contributed by atoms with Crippen LogP contribution in [0.15, 0.2) is 12.1 Å². The maximum atomic E-state index is 11.5. The largest absolute Gasteiger partial charge is 0.444 e. The molecule has 2 amide bonds. The molecule has 0 radical (unpaired) electrons. The highest BCUT2D eigenvalue weighted by molar-refractivity contribution is 6.33. The molecule has 2 rings (SSSR count). The van der Waals surface area contributed by atoms with E-state index in [2.05, 4.69) is 16.0 Å². The third-order valence-corrected chi connectivity index (χ3v) is 3.24. The Morgan fingerprint density at radius 2 is 2.09 bits per heavy atom. The predicted molar refractivity (Wildman–Crippen MR) is 86.5 cm³/mol. The fourth-order valence-electron chi connectivity index (χ4n) is 2.06. The second-order valence-electron chi connectivity index (χ2n) is 6.07. The van der Waals surface area contributed by atoms with E-state index in [1.165, 1.54) is 0 Å². The van der Waals surface area contributed by atoms with Crippen molar-refractivity contribution < 1.29 is 14.3 Å². The summed E-state index contributed by atoms with van der Waals surface area (Å²) >= 11 is 6.16. The lowest BCUT2D eigenvalue weighted by atomic mass is 10.1. The molecule has 0 saturated heterocycles. The highest BCUT2D eigenvalue weighted by Crippen LogP contribution is 2.32. The molecule has 0 bridgehead atoms. The third-order valence-electron chi connectivity index (χ3n) is 2.93. The normalized spacial score (nSPS) is 13.4. The predicted octanol–water partition coefficient (Wildman–Crippen LogP) is 2.77. The first kappa shape index (κ1) is 16.4. The van der Waals surface area contributed by atoms with Crippen molar-refractivity contribution in [2.24, 2.45) is 0 Å². The van der Waals surface area contributed by atoms with E-state index in [0.717, 1.165) is 16.9 Å². The Labute approximate surface area is 134 Å². The van der Waals surface area contributed by atoms with Crippen LogP contribution in [0.2, 0.25) is 5.02 Å². The van der Waals surface area contributed by atoms with Crippen molar-refractivity contribution >= 4 is 35.0 Å². The first-order chi connectivity index (χ1) is 10.2. The fourth-order valence-corrected chi connectivity index (χ4v) is 2.29. The van der Waals surface area contributed by atoms with Crippen molar-refractivity contribution in [2.75, 3.05) is 23.7 Å². The molecule has 3 N–H and O–H groups in total. The first-order valence-corrected chi connectivity index (χ1v) is 7.45. The van der Waals surface area contributed by atoms with Crippen LogP contribution in [0.3, 0.4) is 0 Å². The quantitative estimate of drug-likeness (QED) is 0.744. The number of fused-ring (bicyclic) bond motifs is 1. The molecule has 7 heteroatoms. The zero-order valence-corrected chi connectivity index (χ0v) is 13.6. The molecule has 1 heterocycles. The fraction of sp³-hybridized carbons (Fsp3) is 0.467. The minimum atomic E-state index is -0.514. The molecular weight excluding hydrogens is 306 g/mol. The minimum absolute atomic E-state index is 0.0326. The van der Waals surface area contributed by atoms with E-state index in [1.807, 2.05) is 26.8 Å². The first-order valence-electron chi connectivity index (χ1n) is 7.07. The number of hydrogen-bond acceptors (Lipinski definition) is 4. The molecule has 1 aliphatic rings. The molecule has 0 aromatic heterocycles. The number of alkyl carbamates (subject to hydrolysis) is 1. The second kappa shape index (κ2) is 6.44. The maximum absolute atomic E-state index is 11.5. The summed E-state index contributed by atoms with van der Waals surface area (Å²) in [5.41, 5.74) is 1.90. The van der Waals surface area contributed by atoms with Crippen LogP contribution in [0, 0.1) is 0 Å². The van der Waals surface area contributed by atoms with Crippen LogP contribution in [0.4, 0.5) is 16.2 Å². The van der Waals surface area contributed by atoms with Gasteiger partial charge in [-0.15, -0.1) is 0 Å². The average molecular weight is 326 g/mol. The number of amides is 2. The van der Waals surface area contributed by atoms with Gasteiger partial charge in [-0.25, -0.2) is 4.79 Å². The van der Waals surface area contributed by atoms with Gasteiger partial charge in [-0.2, -0.15) is 0 Å². The van der Waals surface area contributed by atoms with Crippen molar-refractivity contribution in [3.05, 3.63) is 22.7 Å². The van der Waals surface area contributed by atoms with Gasteiger partial charge in [-0.05, 0) is 38.5 Å². The lowest BCUT2D eigenvalue weighted by molar-refractivity contribution is -0.115. The Morgan fingerprint density at radius 3 is 2.77 bits per heavy atom. The van der Waals surface area contributed by atoms with E-state index in [0.29, 0.717) is 24.5 Å². The molecule has 0 saturated carbocycles. The summed E-state index contributed by atoms with van der Waals surface area (Å²) < 4.78 is 5.14. The van der Waals surface area contributed by atoms with Gasteiger partial charge >= 0.3 is 6.09 Å². The smallest absolute Gasteiger partial charge is 0.407 e. The molecule has 1 aromatic carbocycles. The van der Waals surface area contributed by atoms with Crippen molar-refractivity contribution in [3.8, 4) is 0 Å². The number of carbonyl (C=O) groups excluding carboxylic acids is 2. The van der Waals surface area contributed by atoms with Gasteiger partial charge in [0, 0.05) is 18.8 Å². The summed E-state index contributed by atoms with van der Waals surface area (Å²) in [5, 5.41) is 9.06. The third kappa shape index (κ3) is 4.53. The molecule has 120 valence electrons. The number of benzene rings is 1. The van der Waals surface area contributed by atoms with Crippen LogP contribution in [0.1, 0.15) is 26.3 Å². The van der Waals surface area contributed by atoms with Gasteiger partial charge in [-0.1, -0.05) is 11.6 Å². The summed E-state index contributed by atoms with van der Waals surface area (Å²) in [5.74, 6) is -0.0326. The van der Waals surface area contributed by atoms with Crippen molar-refractivity contribution in [1.29, 1.82) is 0 Å². The summed E-state index contributed by atoms with van der Waals surface area (Å²) in [6, 6.07) is 3.58. The van der Waals surface area contributed by atoms with E-state index >= 15 is 0 Å². The molecule has 1 aliphatic heterocycles. The van der Waals surface area contributed by atoms with Crippen LogP contribution in [0.5, 0.6) is 0 Å². The van der Waals surface area contributed by atoms with Crippen LogP contribution < -0.4 is 16.0 Å². The molecule has 0 aliphatic carbocycles. The monoisotopic (exact) mass is 325 g/mol. The van der Waals surface area contributed by atoms with Gasteiger partial charge in [0.15, 0.2) is 0 Å². The molecule has 22 heavy (non-hydrogen) atoms. The summed E-state index contributed by atoms with van der Waals surface area (Å²) in [4.78, 5) is 22.8. The number of halogens is 1. The molecule has 0 atom stereocenters. The summed E-state index contributed by atoms with van der Waals surface area (Å²) in [7, 11) is 0. The zero-order chi connectivity index (χ0) is 16.3. The standard InChI is InChI=1S/C15H20ClN3O3/c1-15(2,3)22-14(21)18-5-4-17-12-6-9-7-13(20)19-11(9)8-10(12)16/h6,8,17H,4-5,7H2,1-3H3,(H,18,21)(H,19,20). The lowest BCUT2D eigenvalue weighted by Gasteiger charge is -2.19. The van der Waals surface area contributed by atoms with Crippen LogP contribution in [0.25, 0.3) is 0 Å². The van der Waals surface area contributed by atoms with Crippen LogP contribution >= 0.6 is 11.6 Å². The highest BCUT2D eigenvalue weighted by atomic mass is 35.5. The highest BCUT2D eigenvalue weighted by Gasteiger charge is 2.19. The summed E-state index contributed by atoms with van der Waals surface area (Å²) in [6.45, 7) is 6.33. The van der Waals surface area contributed by atoms with E-state index < -0.39 is 11.7 Å². The van der Waals surface area contributed by atoms with Crippen molar-refractivity contribution in [2.45, 2.75) is 32.8 Å². The van der Waals surface area contributed by atoms with Crippen LogP contribution in [-0.4, -0.2) is 30.7 Å². The Hall–Kier alpha value is -1.95. The number of anilines is 2. The Bertz CT molecular complexity index is 596. The van der Waals surface area contributed by atoms with Crippen molar-refractivity contribution in [1.82, 2.24) is 5.32 Å². The number of nitrogens with one attached hydrogen (secondary N) is 3. The Kier molecular flexibility index (Phi) is 4.81. The Morgan fingerprint density at radius 1 is 1.36 bits per heavy atom.